The number of aliphatic hydroxyl groups excluding tert-OH is 1. The average Bonchev–Trinajstić information content (AvgIpc) is 2.85. The van der Waals surface area contributed by atoms with Gasteiger partial charge in [0.2, 0.25) is 0 Å². The van der Waals surface area contributed by atoms with E-state index in [1.165, 1.54) is 10.4 Å². The molecule has 16 heavy (non-hydrogen) atoms. The monoisotopic (exact) mass is 254 g/mol. The third-order valence-corrected chi connectivity index (χ3v) is 3.79. The van der Waals surface area contributed by atoms with Gasteiger partial charge in [-0.2, -0.15) is 11.3 Å². The number of nitrogens with zero attached hydrogens (tertiary/aromatic N) is 1. The maximum atomic E-state index is 9.11. The van der Waals surface area contributed by atoms with E-state index in [1.807, 2.05) is 6.20 Å². The lowest BCUT2D eigenvalue weighted by Gasteiger charge is -2.04. The van der Waals surface area contributed by atoms with Crippen LogP contribution in [0.1, 0.15) is 11.8 Å². The van der Waals surface area contributed by atoms with Gasteiger partial charge in [0.1, 0.15) is 5.01 Å². The van der Waals surface area contributed by atoms with Gasteiger partial charge in [-0.05, 0) is 18.4 Å². The summed E-state index contributed by atoms with van der Waals surface area (Å²) < 4.78 is 0. The molecule has 0 radical (unpaired) electrons. The molecule has 0 amide bonds. The van der Waals surface area contributed by atoms with Crippen molar-refractivity contribution >= 4 is 22.7 Å². The summed E-state index contributed by atoms with van der Waals surface area (Å²) in [5.74, 6) is 0. The van der Waals surface area contributed by atoms with E-state index in [4.69, 9.17) is 5.11 Å². The van der Waals surface area contributed by atoms with Gasteiger partial charge < -0.3 is 10.4 Å². The van der Waals surface area contributed by atoms with E-state index in [-0.39, 0.29) is 6.10 Å². The van der Waals surface area contributed by atoms with Gasteiger partial charge in [0.05, 0.1) is 6.10 Å². The summed E-state index contributed by atoms with van der Waals surface area (Å²) in [4.78, 5) is 5.58. The second-order valence-electron chi connectivity index (χ2n) is 3.62. The fraction of sp³-hybridized carbons (Fsp3) is 0.364. The Kier molecular flexibility index (Phi) is 4.06. The van der Waals surface area contributed by atoms with Crippen molar-refractivity contribution < 1.29 is 5.11 Å². The molecule has 3 nitrogen and oxygen atoms in total. The van der Waals surface area contributed by atoms with E-state index < -0.39 is 0 Å². The fourth-order valence-electron chi connectivity index (χ4n) is 1.31. The van der Waals surface area contributed by atoms with Gasteiger partial charge in [-0.15, -0.1) is 11.3 Å². The predicted octanol–water partition coefficient (Wildman–Crippen LogP) is 2.34. The first kappa shape index (κ1) is 11.7. The van der Waals surface area contributed by atoms with Crippen molar-refractivity contribution in [2.24, 2.45) is 0 Å². The Morgan fingerprint density at radius 1 is 1.56 bits per heavy atom. The van der Waals surface area contributed by atoms with Crippen LogP contribution in [0.2, 0.25) is 0 Å². The summed E-state index contributed by atoms with van der Waals surface area (Å²) in [6.07, 6.45) is 1.59. The first-order valence-electron chi connectivity index (χ1n) is 5.12. The molecule has 2 rings (SSSR count). The number of hydrogen-bond acceptors (Lipinski definition) is 5. The number of aromatic nitrogens is 1. The molecule has 86 valence electrons. The van der Waals surface area contributed by atoms with Crippen molar-refractivity contribution in [1.82, 2.24) is 10.3 Å². The molecule has 5 heteroatoms. The van der Waals surface area contributed by atoms with Crippen LogP contribution in [0.5, 0.6) is 0 Å². The Morgan fingerprint density at radius 2 is 2.44 bits per heavy atom. The van der Waals surface area contributed by atoms with Crippen LogP contribution in [-0.2, 0) is 6.54 Å². The van der Waals surface area contributed by atoms with E-state index in [2.05, 4.69) is 27.1 Å². The number of rotatable bonds is 5. The van der Waals surface area contributed by atoms with Crippen LogP contribution >= 0.6 is 22.7 Å². The van der Waals surface area contributed by atoms with Crippen LogP contribution in [0.4, 0.5) is 0 Å². The standard InChI is InChI=1S/C11H14N2OS2/c1-8(14)4-12-5-10-6-13-11(16-10)9-2-3-15-7-9/h2-3,6-8,12,14H,4-5H2,1H3. The van der Waals surface area contributed by atoms with E-state index in [0.29, 0.717) is 6.54 Å². The Labute approximate surface area is 103 Å². The van der Waals surface area contributed by atoms with E-state index in [1.54, 1.807) is 29.6 Å². The van der Waals surface area contributed by atoms with Gasteiger partial charge in [-0.25, -0.2) is 4.98 Å². The molecule has 0 aliphatic heterocycles. The normalized spacial score (nSPS) is 12.9. The molecular formula is C11H14N2OS2. The summed E-state index contributed by atoms with van der Waals surface area (Å²) in [5, 5.41) is 17.5. The molecule has 2 aromatic rings. The molecule has 2 aromatic heterocycles. The Hall–Kier alpha value is -0.750. The largest absolute Gasteiger partial charge is 0.392 e. The minimum atomic E-state index is -0.302. The average molecular weight is 254 g/mol. The second kappa shape index (κ2) is 5.54. The van der Waals surface area contributed by atoms with Crippen molar-refractivity contribution in [1.29, 1.82) is 0 Å². The van der Waals surface area contributed by atoms with Gasteiger partial charge in [0, 0.05) is 35.1 Å². The molecule has 0 aromatic carbocycles. The number of hydrogen-bond donors (Lipinski definition) is 2. The molecule has 2 heterocycles. The first-order valence-corrected chi connectivity index (χ1v) is 6.87. The highest BCUT2D eigenvalue weighted by molar-refractivity contribution is 7.15. The molecule has 0 fully saturated rings. The topological polar surface area (TPSA) is 45.1 Å². The van der Waals surface area contributed by atoms with Crippen molar-refractivity contribution in [3.05, 3.63) is 27.9 Å². The van der Waals surface area contributed by atoms with Crippen LogP contribution in [-0.4, -0.2) is 22.7 Å². The Balaban J connectivity index is 1.93. The SMILES string of the molecule is CC(O)CNCc1cnc(-c2ccsc2)s1. The minimum absolute atomic E-state index is 0.302. The molecule has 1 unspecified atom stereocenters. The molecule has 2 N–H and O–H groups in total. The number of thiophene rings is 1. The molecule has 0 saturated heterocycles. The molecule has 0 aliphatic rings. The third kappa shape index (κ3) is 3.12. The van der Waals surface area contributed by atoms with Crippen LogP contribution in [0.25, 0.3) is 10.6 Å². The van der Waals surface area contributed by atoms with Crippen LogP contribution in [0, 0.1) is 0 Å². The van der Waals surface area contributed by atoms with Gasteiger partial charge in [0.15, 0.2) is 0 Å². The summed E-state index contributed by atoms with van der Waals surface area (Å²) in [5.41, 5.74) is 1.19. The second-order valence-corrected chi connectivity index (χ2v) is 5.52. The molecule has 0 bridgehead atoms. The Morgan fingerprint density at radius 3 is 3.12 bits per heavy atom. The fourth-order valence-corrected chi connectivity index (χ4v) is 2.91. The van der Waals surface area contributed by atoms with Crippen LogP contribution in [0.15, 0.2) is 23.0 Å². The van der Waals surface area contributed by atoms with Crippen molar-refractivity contribution in [2.75, 3.05) is 6.54 Å². The lowest BCUT2D eigenvalue weighted by molar-refractivity contribution is 0.191. The maximum Gasteiger partial charge on any atom is 0.124 e. The molecular weight excluding hydrogens is 240 g/mol. The van der Waals surface area contributed by atoms with E-state index >= 15 is 0 Å². The maximum absolute atomic E-state index is 9.11. The van der Waals surface area contributed by atoms with Gasteiger partial charge in [-0.3, -0.25) is 0 Å². The minimum Gasteiger partial charge on any atom is -0.392 e. The van der Waals surface area contributed by atoms with Gasteiger partial charge >= 0.3 is 0 Å². The zero-order valence-electron chi connectivity index (χ0n) is 9.01. The molecule has 0 saturated carbocycles. The van der Waals surface area contributed by atoms with Gasteiger partial charge in [0.25, 0.3) is 0 Å². The summed E-state index contributed by atoms with van der Waals surface area (Å²) in [7, 11) is 0. The lowest BCUT2D eigenvalue weighted by atomic mass is 10.4. The zero-order chi connectivity index (χ0) is 11.4. The van der Waals surface area contributed by atoms with Crippen LogP contribution in [0.3, 0.4) is 0 Å². The molecule has 0 spiro atoms. The summed E-state index contributed by atoms with van der Waals surface area (Å²) in [6, 6.07) is 2.08. The first-order chi connectivity index (χ1) is 7.75. The smallest absolute Gasteiger partial charge is 0.124 e. The highest BCUT2D eigenvalue weighted by atomic mass is 32.1. The number of thiazole rings is 1. The quantitative estimate of drug-likeness (QED) is 0.861. The highest BCUT2D eigenvalue weighted by Gasteiger charge is 2.04. The van der Waals surface area contributed by atoms with E-state index in [9.17, 15) is 0 Å². The lowest BCUT2D eigenvalue weighted by Crippen LogP contribution is -2.23. The van der Waals surface area contributed by atoms with Crippen molar-refractivity contribution in [3.63, 3.8) is 0 Å². The predicted molar refractivity (Wildman–Crippen MR) is 68.8 cm³/mol. The number of nitrogens with one attached hydrogen (secondary N) is 1. The van der Waals surface area contributed by atoms with E-state index in [0.717, 1.165) is 11.6 Å². The molecule has 0 aliphatic carbocycles. The van der Waals surface area contributed by atoms with Crippen LogP contribution < -0.4 is 5.32 Å². The third-order valence-electron chi connectivity index (χ3n) is 2.06. The van der Waals surface area contributed by atoms with Crippen molar-refractivity contribution in [3.8, 4) is 10.6 Å². The summed E-state index contributed by atoms with van der Waals surface area (Å²) in [6.45, 7) is 3.16. The highest BCUT2D eigenvalue weighted by Crippen LogP contribution is 2.26. The zero-order valence-corrected chi connectivity index (χ0v) is 10.6. The van der Waals surface area contributed by atoms with Crippen molar-refractivity contribution in [2.45, 2.75) is 19.6 Å². The Bertz CT molecular complexity index is 423. The summed E-state index contributed by atoms with van der Waals surface area (Å²) >= 11 is 3.38. The number of aliphatic hydroxyl groups is 1. The van der Waals surface area contributed by atoms with Gasteiger partial charge in [-0.1, -0.05) is 0 Å². The molecule has 1 atom stereocenters.